The smallest absolute Gasteiger partial charge is 0.120 e. The number of nitrogens with two attached hydrogens (primary N) is 1. The number of fused-ring (bicyclic) bond motifs is 1. The Bertz CT molecular complexity index is 582. The first-order valence-electron chi connectivity index (χ1n) is 6.94. The van der Waals surface area contributed by atoms with E-state index in [-0.39, 0.29) is 18.4 Å². The molecule has 1 heterocycles. The number of hydrogen-bond donors (Lipinski definition) is 3. The molecular formula is C16H21ClN2O. The molecule has 1 saturated heterocycles. The van der Waals surface area contributed by atoms with Crippen LogP contribution in [0, 0.1) is 5.92 Å². The topological polar surface area (TPSA) is 58.3 Å². The molecule has 0 amide bonds. The molecule has 4 heteroatoms. The number of benzene rings is 2. The molecule has 0 aromatic heterocycles. The minimum atomic E-state index is -0.0896. The van der Waals surface area contributed by atoms with E-state index in [1.807, 2.05) is 24.3 Å². The Kier molecular flexibility index (Phi) is 4.86. The molecule has 2 aromatic rings. The molecule has 1 aliphatic rings. The summed E-state index contributed by atoms with van der Waals surface area (Å²) in [4.78, 5) is 0. The van der Waals surface area contributed by atoms with Crippen LogP contribution in [0.15, 0.2) is 36.4 Å². The van der Waals surface area contributed by atoms with Crippen LogP contribution in [0.2, 0.25) is 0 Å². The number of phenols is 1. The quantitative estimate of drug-likeness (QED) is 0.797. The van der Waals surface area contributed by atoms with E-state index in [1.54, 1.807) is 6.07 Å². The maximum Gasteiger partial charge on any atom is 0.120 e. The molecule has 0 aliphatic carbocycles. The van der Waals surface area contributed by atoms with Crippen LogP contribution in [-0.4, -0.2) is 18.2 Å². The maximum atomic E-state index is 10.2. The van der Waals surface area contributed by atoms with Gasteiger partial charge in [-0.25, -0.2) is 0 Å². The summed E-state index contributed by atoms with van der Waals surface area (Å²) in [5, 5.41) is 15.8. The highest BCUT2D eigenvalue weighted by Gasteiger charge is 2.25. The molecule has 0 saturated carbocycles. The van der Waals surface area contributed by atoms with Crippen molar-refractivity contribution < 1.29 is 5.11 Å². The number of phenolic OH excluding ortho intramolecular Hbond substituents is 1. The number of nitrogens with one attached hydrogen (secondary N) is 1. The first-order valence-corrected chi connectivity index (χ1v) is 6.94. The van der Waals surface area contributed by atoms with Gasteiger partial charge < -0.3 is 16.2 Å². The second-order valence-corrected chi connectivity index (χ2v) is 5.33. The van der Waals surface area contributed by atoms with E-state index in [1.165, 1.54) is 0 Å². The Morgan fingerprint density at radius 1 is 1.10 bits per heavy atom. The lowest BCUT2D eigenvalue weighted by Gasteiger charge is -2.29. The van der Waals surface area contributed by atoms with Crippen molar-refractivity contribution >= 4 is 23.2 Å². The van der Waals surface area contributed by atoms with Crippen molar-refractivity contribution in [3.05, 3.63) is 42.0 Å². The van der Waals surface area contributed by atoms with Crippen molar-refractivity contribution in [2.75, 3.05) is 13.1 Å². The van der Waals surface area contributed by atoms with Crippen molar-refractivity contribution in [3.63, 3.8) is 0 Å². The monoisotopic (exact) mass is 292 g/mol. The number of rotatable bonds is 2. The third-order valence-corrected chi connectivity index (χ3v) is 4.17. The number of piperidine rings is 1. The summed E-state index contributed by atoms with van der Waals surface area (Å²) in [6.07, 6.45) is 2.15. The minimum absolute atomic E-state index is 0. The fourth-order valence-electron chi connectivity index (χ4n) is 3.07. The lowest BCUT2D eigenvalue weighted by molar-refractivity contribution is 0.317. The highest BCUT2D eigenvalue weighted by Crippen LogP contribution is 2.36. The Morgan fingerprint density at radius 2 is 1.80 bits per heavy atom. The molecule has 1 aliphatic heterocycles. The van der Waals surface area contributed by atoms with Gasteiger partial charge in [0.25, 0.3) is 0 Å². The van der Waals surface area contributed by atoms with Gasteiger partial charge in [-0.15, -0.1) is 12.4 Å². The fraction of sp³-hybridized carbons (Fsp3) is 0.375. The summed E-state index contributed by atoms with van der Waals surface area (Å²) in [6.45, 7) is 2.04. The van der Waals surface area contributed by atoms with Crippen molar-refractivity contribution in [1.29, 1.82) is 0 Å². The Balaban J connectivity index is 0.00000147. The lowest BCUT2D eigenvalue weighted by atomic mass is 9.84. The molecule has 1 atom stereocenters. The maximum absolute atomic E-state index is 10.2. The summed E-state index contributed by atoms with van der Waals surface area (Å²) in [5.41, 5.74) is 7.36. The first kappa shape index (κ1) is 15.1. The van der Waals surface area contributed by atoms with Crippen molar-refractivity contribution in [1.82, 2.24) is 5.32 Å². The third kappa shape index (κ3) is 2.75. The molecule has 20 heavy (non-hydrogen) atoms. The van der Waals surface area contributed by atoms with E-state index in [2.05, 4.69) is 11.4 Å². The zero-order valence-electron chi connectivity index (χ0n) is 11.4. The summed E-state index contributed by atoms with van der Waals surface area (Å²) in [5.74, 6) is 0.766. The fourth-order valence-corrected chi connectivity index (χ4v) is 3.07. The second kappa shape index (κ2) is 6.44. The highest BCUT2D eigenvalue weighted by molar-refractivity contribution is 5.88. The summed E-state index contributed by atoms with van der Waals surface area (Å²) < 4.78 is 0. The van der Waals surface area contributed by atoms with Gasteiger partial charge >= 0.3 is 0 Å². The van der Waals surface area contributed by atoms with E-state index in [9.17, 15) is 5.11 Å². The molecule has 2 aromatic carbocycles. The average molecular weight is 293 g/mol. The van der Waals surface area contributed by atoms with E-state index in [0.29, 0.717) is 11.7 Å². The van der Waals surface area contributed by atoms with Crippen molar-refractivity contribution in [2.45, 2.75) is 18.9 Å². The van der Waals surface area contributed by atoms with Crippen LogP contribution >= 0.6 is 12.4 Å². The molecule has 0 bridgehead atoms. The zero-order chi connectivity index (χ0) is 13.2. The van der Waals surface area contributed by atoms with Crippen LogP contribution in [0.25, 0.3) is 10.8 Å². The van der Waals surface area contributed by atoms with E-state index >= 15 is 0 Å². The molecule has 1 fully saturated rings. The van der Waals surface area contributed by atoms with E-state index < -0.39 is 0 Å². The first-order chi connectivity index (χ1) is 9.27. The van der Waals surface area contributed by atoms with Gasteiger partial charge in [-0.3, -0.25) is 0 Å². The molecule has 3 rings (SSSR count). The van der Waals surface area contributed by atoms with Gasteiger partial charge in [-0.05, 0) is 48.7 Å². The number of halogens is 1. The standard InChI is InChI=1S/C16H20N2O.ClH/c17-16(12-7-9-18-10-8-12)15-13-4-2-1-3-11(13)5-6-14(15)19;/h1-6,12,16,18-19H,7-10,17H2;1H/t16-;/m1./s1. The average Bonchev–Trinajstić information content (AvgIpc) is 2.47. The number of aromatic hydroxyl groups is 1. The summed E-state index contributed by atoms with van der Waals surface area (Å²) in [7, 11) is 0. The second-order valence-electron chi connectivity index (χ2n) is 5.33. The van der Waals surface area contributed by atoms with E-state index in [4.69, 9.17) is 5.73 Å². The lowest BCUT2D eigenvalue weighted by Crippen LogP contribution is -2.33. The Morgan fingerprint density at radius 3 is 2.55 bits per heavy atom. The molecule has 3 nitrogen and oxygen atoms in total. The van der Waals surface area contributed by atoms with Gasteiger partial charge in [0.2, 0.25) is 0 Å². The van der Waals surface area contributed by atoms with Crippen molar-refractivity contribution in [2.24, 2.45) is 11.7 Å². The zero-order valence-corrected chi connectivity index (χ0v) is 12.2. The van der Waals surface area contributed by atoms with Gasteiger partial charge in [0.05, 0.1) is 0 Å². The van der Waals surface area contributed by atoms with Gasteiger partial charge in [0.15, 0.2) is 0 Å². The molecule has 0 spiro atoms. The van der Waals surface area contributed by atoms with Crippen LogP contribution in [0.4, 0.5) is 0 Å². The largest absolute Gasteiger partial charge is 0.508 e. The SMILES string of the molecule is Cl.N[C@@H](c1c(O)ccc2ccccc12)C1CCNCC1. The van der Waals surface area contributed by atoms with Crippen LogP contribution in [0.1, 0.15) is 24.4 Å². The van der Waals surface area contributed by atoms with Crippen LogP contribution < -0.4 is 11.1 Å². The molecule has 4 N–H and O–H groups in total. The van der Waals surface area contributed by atoms with Crippen LogP contribution in [0.5, 0.6) is 5.75 Å². The minimum Gasteiger partial charge on any atom is -0.508 e. The van der Waals surface area contributed by atoms with Crippen LogP contribution in [0.3, 0.4) is 0 Å². The Hall–Kier alpha value is -1.29. The van der Waals surface area contributed by atoms with Gasteiger partial charge in [-0.2, -0.15) is 0 Å². The summed E-state index contributed by atoms with van der Waals surface area (Å²) >= 11 is 0. The summed E-state index contributed by atoms with van der Waals surface area (Å²) in [6, 6.07) is 11.7. The van der Waals surface area contributed by atoms with Gasteiger partial charge in [0, 0.05) is 11.6 Å². The van der Waals surface area contributed by atoms with Gasteiger partial charge in [0.1, 0.15) is 5.75 Å². The molecule has 0 unspecified atom stereocenters. The highest BCUT2D eigenvalue weighted by atomic mass is 35.5. The predicted octanol–water partition coefficient (Wildman–Crippen LogP) is 2.97. The third-order valence-electron chi connectivity index (χ3n) is 4.17. The Labute approximate surface area is 125 Å². The predicted molar refractivity (Wildman–Crippen MR) is 85.4 cm³/mol. The normalized spacial score (nSPS) is 17.6. The molecule has 108 valence electrons. The van der Waals surface area contributed by atoms with Crippen LogP contribution in [-0.2, 0) is 0 Å². The molecular weight excluding hydrogens is 272 g/mol. The van der Waals surface area contributed by atoms with Gasteiger partial charge in [-0.1, -0.05) is 30.3 Å². The molecule has 0 radical (unpaired) electrons. The van der Waals surface area contributed by atoms with Crippen molar-refractivity contribution in [3.8, 4) is 5.75 Å². The van der Waals surface area contributed by atoms with E-state index in [0.717, 1.165) is 42.3 Å². The number of hydrogen-bond acceptors (Lipinski definition) is 3.